The van der Waals surface area contributed by atoms with Gasteiger partial charge < -0.3 is 4.90 Å². The van der Waals surface area contributed by atoms with Crippen LogP contribution >= 0.6 is 0 Å². The summed E-state index contributed by atoms with van der Waals surface area (Å²) < 4.78 is 1.76. The molecule has 31 heavy (non-hydrogen) atoms. The number of hydrogen-bond donors (Lipinski definition) is 0. The number of non-ortho nitro benzene ring substituents is 1. The number of nitrogens with zero attached hydrogens (tertiary/aromatic N) is 6. The Kier molecular flexibility index (Phi) is 5.77. The summed E-state index contributed by atoms with van der Waals surface area (Å²) in [7, 11) is 0. The van der Waals surface area contributed by atoms with E-state index in [1.807, 2.05) is 36.9 Å². The molecule has 9 heteroatoms. The maximum Gasteiger partial charge on any atom is 0.269 e. The van der Waals surface area contributed by atoms with Crippen molar-refractivity contribution in [3.05, 3.63) is 81.3 Å². The minimum absolute atomic E-state index is 0.0394. The molecule has 1 aliphatic rings. The third-order valence-corrected chi connectivity index (χ3v) is 5.41. The van der Waals surface area contributed by atoms with Crippen molar-refractivity contribution < 1.29 is 9.72 Å². The molecule has 3 aromatic rings. The van der Waals surface area contributed by atoms with Gasteiger partial charge in [0.25, 0.3) is 11.6 Å². The Morgan fingerprint density at radius 1 is 1.10 bits per heavy atom. The first-order valence-electron chi connectivity index (χ1n) is 10.2. The van der Waals surface area contributed by atoms with Crippen molar-refractivity contribution in [1.29, 1.82) is 0 Å². The van der Waals surface area contributed by atoms with Crippen LogP contribution in [0, 0.1) is 24.0 Å². The third kappa shape index (κ3) is 4.61. The van der Waals surface area contributed by atoms with E-state index < -0.39 is 0 Å². The molecule has 9 nitrogen and oxygen atoms in total. The van der Waals surface area contributed by atoms with E-state index in [0.29, 0.717) is 44.1 Å². The molecular formula is C22H24N6O3. The second-order valence-electron chi connectivity index (χ2n) is 7.74. The molecule has 1 aliphatic heterocycles. The van der Waals surface area contributed by atoms with E-state index in [0.717, 1.165) is 17.0 Å². The molecule has 0 spiro atoms. The number of aromatic nitrogens is 3. The number of pyridine rings is 1. The van der Waals surface area contributed by atoms with Gasteiger partial charge in [-0.2, -0.15) is 5.10 Å². The Morgan fingerprint density at radius 3 is 2.48 bits per heavy atom. The molecule has 1 fully saturated rings. The van der Waals surface area contributed by atoms with Gasteiger partial charge in [0.1, 0.15) is 0 Å². The zero-order valence-corrected chi connectivity index (χ0v) is 17.6. The van der Waals surface area contributed by atoms with Crippen molar-refractivity contribution in [3.63, 3.8) is 0 Å². The Morgan fingerprint density at radius 2 is 1.87 bits per heavy atom. The summed E-state index contributed by atoms with van der Waals surface area (Å²) >= 11 is 0. The van der Waals surface area contributed by atoms with Crippen LogP contribution in [0.2, 0.25) is 0 Å². The van der Waals surface area contributed by atoms with Gasteiger partial charge in [-0.1, -0.05) is 12.1 Å². The number of aryl methyl sites for hydroxylation is 2. The van der Waals surface area contributed by atoms with Crippen molar-refractivity contribution >= 4 is 11.6 Å². The lowest BCUT2D eigenvalue weighted by molar-refractivity contribution is -0.384. The van der Waals surface area contributed by atoms with Gasteiger partial charge >= 0.3 is 0 Å². The van der Waals surface area contributed by atoms with Gasteiger partial charge in [0.15, 0.2) is 5.82 Å². The minimum Gasteiger partial charge on any atom is -0.336 e. The van der Waals surface area contributed by atoms with Crippen molar-refractivity contribution in [2.75, 3.05) is 26.2 Å². The smallest absolute Gasteiger partial charge is 0.269 e. The van der Waals surface area contributed by atoms with Crippen LogP contribution < -0.4 is 0 Å². The fourth-order valence-electron chi connectivity index (χ4n) is 3.82. The highest BCUT2D eigenvalue weighted by molar-refractivity contribution is 5.94. The second-order valence-corrected chi connectivity index (χ2v) is 7.74. The topological polar surface area (TPSA) is 97.4 Å². The van der Waals surface area contributed by atoms with E-state index >= 15 is 0 Å². The van der Waals surface area contributed by atoms with E-state index in [2.05, 4.69) is 15.0 Å². The van der Waals surface area contributed by atoms with Crippen LogP contribution in [0.25, 0.3) is 5.82 Å². The third-order valence-electron chi connectivity index (χ3n) is 5.41. The highest BCUT2D eigenvalue weighted by atomic mass is 16.6. The molecule has 3 heterocycles. The Balaban J connectivity index is 1.35. The summed E-state index contributed by atoms with van der Waals surface area (Å²) in [6.45, 7) is 7.16. The average molecular weight is 420 g/mol. The summed E-state index contributed by atoms with van der Waals surface area (Å²) in [5.41, 5.74) is 3.46. The molecule has 0 bridgehead atoms. The number of nitro groups is 1. The quantitative estimate of drug-likeness (QED) is 0.465. The number of amides is 1. The summed E-state index contributed by atoms with van der Waals surface area (Å²) in [5, 5.41) is 15.4. The number of piperazine rings is 1. The SMILES string of the molecule is Cc1cc(C)n(-c2ccc(C(=O)N3CCN(Cc4cccc([N+](=O)[O-])c4)CC3)cn2)n1. The van der Waals surface area contributed by atoms with Gasteiger partial charge in [0.05, 0.1) is 16.2 Å². The van der Waals surface area contributed by atoms with Crippen LogP contribution in [-0.4, -0.2) is 61.6 Å². The molecule has 0 radical (unpaired) electrons. The van der Waals surface area contributed by atoms with Crippen LogP contribution in [-0.2, 0) is 6.54 Å². The second kappa shape index (κ2) is 8.65. The van der Waals surface area contributed by atoms with Gasteiger partial charge in [-0.15, -0.1) is 0 Å². The highest BCUT2D eigenvalue weighted by Crippen LogP contribution is 2.17. The van der Waals surface area contributed by atoms with E-state index in [1.165, 1.54) is 6.07 Å². The summed E-state index contributed by atoms with van der Waals surface area (Å²) in [4.78, 5) is 31.9. The van der Waals surface area contributed by atoms with Crippen LogP contribution in [0.1, 0.15) is 27.3 Å². The van der Waals surface area contributed by atoms with Crippen LogP contribution in [0.5, 0.6) is 0 Å². The fourth-order valence-corrected chi connectivity index (χ4v) is 3.82. The Labute approximate surface area is 180 Å². The number of carbonyl (C=O) groups is 1. The maximum absolute atomic E-state index is 12.9. The highest BCUT2D eigenvalue weighted by Gasteiger charge is 2.23. The molecular weight excluding hydrogens is 396 g/mol. The van der Waals surface area contributed by atoms with E-state index in [-0.39, 0.29) is 16.5 Å². The van der Waals surface area contributed by atoms with Crippen LogP contribution in [0.4, 0.5) is 5.69 Å². The summed E-state index contributed by atoms with van der Waals surface area (Å²) in [6, 6.07) is 12.3. The maximum atomic E-state index is 12.9. The lowest BCUT2D eigenvalue weighted by atomic mass is 10.1. The van der Waals surface area contributed by atoms with Crippen LogP contribution in [0.3, 0.4) is 0 Å². The first-order chi connectivity index (χ1) is 14.9. The molecule has 0 saturated carbocycles. The normalized spacial score (nSPS) is 14.6. The first-order valence-corrected chi connectivity index (χ1v) is 10.2. The number of hydrogen-bond acceptors (Lipinski definition) is 6. The van der Waals surface area contributed by atoms with Gasteiger partial charge in [-0.3, -0.25) is 19.8 Å². The molecule has 160 valence electrons. The Bertz CT molecular complexity index is 1100. The fraction of sp³-hybridized carbons (Fsp3) is 0.318. The molecule has 2 aromatic heterocycles. The van der Waals surface area contributed by atoms with Crippen molar-refractivity contribution in [2.45, 2.75) is 20.4 Å². The van der Waals surface area contributed by atoms with Gasteiger partial charge in [0.2, 0.25) is 0 Å². The monoisotopic (exact) mass is 420 g/mol. The molecule has 0 aliphatic carbocycles. The number of nitro benzene ring substituents is 1. The lowest BCUT2D eigenvalue weighted by Gasteiger charge is -2.34. The molecule has 1 saturated heterocycles. The zero-order chi connectivity index (χ0) is 22.0. The molecule has 1 amide bonds. The average Bonchev–Trinajstić information content (AvgIpc) is 3.12. The van der Waals surface area contributed by atoms with Crippen molar-refractivity contribution in [1.82, 2.24) is 24.6 Å². The molecule has 0 unspecified atom stereocenters. The molecule has 1 aromatic carbocycles. The summed E-state index contributed by atoms with van der Waals surface area (Å²) in [5.74, 6) is 0.645. The molecule has 4 rings (SSSR count). The molecule has 0 atom stereocenters. The number of rotatable bonds is 5. The predicted octanol–water partition coefficient (Wildman–Crippen LogP) is 2.75. The van der Waals surface area contributed by atoms with Crippen molar-refractivity contribution in [3.8, 4) is 5.82 Å². The van der Waals surface area contributed by atoms with Gasteiger partial charge in [-0.25, -0.2) is 9.67 Å². The lowest BCUT2D eigenvalue weighted by Crippen LogP contribution is -2.48. The van der Waals surface area contributed by atoms with Crippen molar-refractivity contribution in [2.24, 2.45) is 0 Å². The van der Waals surface area contributed by atoms with E-state index in [4.69, 9.17) is 0 Å². The number of carbonyl (C=O) groups excluding carboxylic acids is 1. The number of benzene rings is 1. The van der Waals surface area contributed by atoms with Gasteiger partial charge in [0, 0.05) is 56.7 Å². The summed E-state index contributed by atoms with van der Waals surface area (Å²) in [6.07, 6.45) is 1.60. The largest absolute Gasteiger partial charge is 0.336 e. The van der Waals surface area contributed by atoms with Gasteiger partial charge in [-0.05, 0) is 37.6 Å². The van der Waals surface area contributed by atoms with E-state index in [9.17, 15) is 14.9 Å². The first kappa shape index (κ1) is 20.7. The molecule has 0 N–H and O–H groups in total. The Hall–Kier alpha value is -3.59. The minimum atomic E-state index is -0.381. The van der Waals surface area contributed by atoms with E-state index in [1.54, 1.807) is 29.1 Å². The predicted molar refractivity (Wildman–Crippen MR) is 115 cm³/mol. The van der Waals surface area contributed by atoms with Crippen LogP contribution in [0.15, 0.2) is 48.7 Å². The zero-order valence-electron chi connectivity index (χ0n) is 17.6. The standard InChI is InChI=1S/C22H24N6O3/c1-16-12-17(2)27(24-16)21-7-6-19(14-23-21)22(29)26-10-8-25(9-11-26)15-18-4-3-5-20(13-18)28(30)31/h3-7,12-14H,8-11,15H2,1-2H3.